The van der Waals surface area contributed by atoms with E-state index in [1.807, 2.05) is 47.1 Å². The van der Waals surface area contributed by atoms with E-state index in [-0.39, 0.29) is 18.2 Å². The van der Waals surface area contributed by atoms with Crippen molar-refractivity contribution in [3.8, 4) is 11.1 Å². The van der Waals surface area contributed by atoms with Crippen LogP contribution in [0.1, 0.15) is 26.8 Å². The molecule has 1 fully saturated rings. The van der Waals surface area contributed by atoms with Gasteiger partial charge in [0.15, 0.2) is 0 Å². The van der Waals surface area contributed by atoms with E-state index in [2.05, 4.69) is 5.10 Å². The van der Waals surface area contributed by atoms with Crippen molar-refractivity contribution in [1.82, 2.24) is 9.78 Å². The number of fused-ring (bicyclic) bond motifs is 1. The van der Waals surface area contributed by atoms with Crippen molar-refractivity contribution < 1.29 is 19.4 Å². The average Bonchev–Trinajstić information content (AvgIpc) is 3.08. The molecular weight excluding hydrogens is 360 g/mol. The highest BCUT2D eigenvalue weighted by Gasteiger charge is 2.34. The number of carbonyl (C=O) groups excluding carboxylic acids is 1. The van der Waals surface area contributed by atoms with Crippen molar-refractivity contribution in [2.24, 2.45) is 0 Å². The fourth-order valence-corrected chi connectivity index (χ4v) is 3.83. The minimum atomic E-state index is -0.662. The summed E-state index contributed by atoms with van der Waals surface area (Å²) in [6.07, 6.45) is 2.79. The Balaban J connectivity index is 1.73. The standard InChI is InChI=1S/C20H26N4O4/c1-4-28-20(26)22-9-13(2)24(14(3)25)18-6-5-15(7-19(18)22)16-8-21-23(10-16)17-11-27-12-17/h5-8,10,13-14,17,25H,4,9,11-12H2,1-3H3. The molecule has 0 radical (unpaired) electrons. The number of benzene rings is 1. The number of rotatable bonds is 4. The van der Waals surface area contributed by atoms with Crippen molar-refractivity contribution in [1.29, 1.82) is 0 Å². The quantitative estimate of drug-likeness (QED) is 0.870. The monoisotopic (exact) mass is 386 g/mol. The van der Waals surface area contributed by atoms with Gasteiger partial charge in [-0.15, -0.1) is 0 Å². The molecule has 3 heterocycles. The van der Waals surface area contributed by atoms with Gasteiger partial charge in [-0.05, 0) is 38.5 Å². The van der Waals surface area contributed by atoms with Gasteiger partial charge in [0.1, 0.15) is 6.23 Å². The summed E-state index contributed by atoms with van der Waals surface area (Å²) in [5, 5.41) is 14.7. The van der Waals surface area contributed by atoms with Crippen LogP contribution in [0.15, 0.2) is 30.6 Å². The van der Waals surface area contributed by atoms with Gasteiger partial charge in [0.25, 0.3) is 0 Å². The Bertz CT molecular complexity index is 862. The van der Waals surface area contributed by atoms with Gasteiger partial charge in [0.05, 0.1) is 43.4 Å². The van der Waals surface area contributed by atoms with E-state index in [9.17, 15) is 9.90 Å². The van der Waals surface area contributed by atoms with E-state index in [1.165, 1.54) is 0 Å². The van der Waals surface area contributed by atoms with Gasteiger partial charge >= 0.3 is 6.09 Å². The molecule has 8 heteroatoms. The van der Waals surface area contributed by atoms with Crippen LogP contribution in [0.4, 0.5) is 16.2 Å². The number of carbonyl (C=O) groups is 1. The first-order chi connectivity index (χ1) is 13.5. The lowest BCUT2D eigenvalue weighted by molar-refractivity contribution is -0.0286. The molecule has 0 bridgehead atoms. The van der Waals surface area contributed by atoms with Gasteiger partial charge in [0.2, 0.25) is 0 Å². The number of ether oxygens (including phenoxy) is 2. The first-order valence-electron chi connectivity index (χ1n) is 9.66. The summed E-state index contributed by atoms with van der Waals surface area (Å²) >= 11 is 0. The van der Waals surface area contributed by atoms with Gasteiger partial charge in [-0.2, -0.15) is 5.10 Å². The lowest BCUT2D eigenvalue weighted by Crippen LogP contribution is -2.52. The summed E-state index contributed by atoms with van der Waals surface area (Å²) < 4.78 is 12.4. The largest absolute Gasteiger partial charge is 0.449 e. The minimum absolute atomic E-state index is 0.0378. The number of aliphatic hydroxyl groups is 1. The second-order valence-electron chi connectivity index (χ2n) is 7.30. The SMILES string of the molecule is CCOC(=O)N1CC(C)N(C(C)O)c2ccc(-c3cnn(C4COC4)c3)cc21. The number of hydrogen-bond donors (Lipinski definition) is 1. The van der Waals surface area contributed by atoms with Crippen molar-refractivity contribution in [2.45, 2.75) is 39.1 Å². The van der Waals surface area contributed by atoms with Crippen molar-refractivity contribution >= 4 is 17.5 Å². The van der Waals surface area contributed by atoms with Gasteiger partial charge in [0, 0.05) is 24.3 Å². The van der Waals surface area contributed by atoms with Crippen LogP contribution >= 0.6 is 0 Å². The molecule has 1 aromatic carbocycles. The lowest BCUT2D eigenvalue weighted by Gasteiger charge is -2.43. The highest BCUT2D eigenvalue weighted by Crippen LogP contribution is 2.40. The fourth-order valence-electron chi connectivity index (χ4n) is 3.83. The van der Waals surface area contributed by atoms with Crippen LogP contribution in [0.5, 0.6) is 0 Å². The Morgan fingerprint density at radius 1 is 1.36 bits per heavy atom. The molecule has 0 spiro atoms. The van der Waals surface area contributed by atoms with Gasteiger partial charge in [-0.1, -0.05) is 6.07 Å². The van der Waals surface area contributed by atoms with E-state index >= 15 is 0 Å². The second-order valence-corrected chi connectivity index (χ2v) is 7.30. The van der Waals surface area contributed by atoms with Gasteiger partial charge in [-0.25, -0.2) is 4.79 Å². The summed E-state index contributed by atoms with van der Waals surface area (Å²) in [5.41, 5.74) is 3.47. The first-order valence-corrected chi connectivity index (χ1v) is 9.66. The number of anilines is 2. The molecule has 2 aliphatic heterocycles. The predicted molar refractivity (Wildman–Crippen MR) is 106 cm³/mol. The molecule has 2 atom stereocenters. The molecular formula is C20H26N4O4. The minimum Gasteiger partial charge on any atom is -0.449 e. The summed E-state index contributed by atoms with van der Waals surface area (Å²) in [5.74, 6) is 0. The molecule has 1 aromatic heterocycles. The molecule has 4 rings (SSSR count). The Kier molecular flexibility index (Phi) is 4.99. The summed E-state index contributed by atoms with van der Waals surface area (Å²) in [6.45, 7) is 7.64. The third-order valence-electron chi connectivity index (χ3n) is 5.29. The van der Waals surface area contributed by atoms with E-state index < -0.39 is 6.23 Å². The maximum Gasteiger partial charge on any atom is 0.414 e. The maximum absolute atomic E-state index is 12.6. The Hall–Kier alpha value is -2.58. The first kappa shape index (κ1) is 18.8. The molecule has 2 aliphatic rings. The molecule has 2 aromatic rings. The molecule has 0 aliphatic carbocycles. The zero-order valence-corrected chi connectivity index (χ0v) is 16.4. The Labute approximate surface area is 164 Å². The third-order valence-corrected chi connectivity index (χ3v) is 5.29. The third kappa shape index (κ3) is 3.22. The van der Waals surface area contributed by atoms with Gasteiger partial charge < -0.3 is 19.5 Å². The van der Waals surface area contributed by atoms with Crippen LogP contribution in [-0.4, -0.2) is 59.6 Å². The molecule has 0 saturated carbocycles. The predicted octanol–water partition coefficient (Wildman–Crippen LogP) is 2.63. The summed E-state index contributed by atoms with van der Waals surface area (Å²) in [7, 11) is 0. The molecule has 1 saturated heterocycles. The van der Waals surface area contributed by atoms with E-state index in [1.54, 1.807) is 18.7 Å². The molecule has 8 nitrogen and oxygen atoms in total. The average molecular weight is 386 g/mol. The zero-order valence-electron chi connectivity index (χ0n) is 16.4. The van der Waals surface area contributed by atoms with Crippen LogP contribution in [-0.2, 0) is 9.47 Å². The molecule has 1 N–H and O–H groups in total. The zero-order chi connectivity index (χ0) is 19.8. The number of aromatic nitrogens is 2. The molecule has 2 unspecified atom stereocenters. The second kappa shape index (κ2) is 7.44. The molecule has 28 heavy (non-hydrogen) atoms. The maximum atomic E-state index is 12.6. The molecule has 150 valence electrons. The summed E-state index contributed by atoms with van der Waals surface area (Å²) in [6, 6.07) is 6.15. The van der Waals surface area contributed by atoms with Crippen LogP contribution in [0, 0.1) is 0 Å². The Morgan fingerprint density at radius 2 is 2.14 bits per heavy atom. The highest BCUT2D eigenvalue weighted by atomic mass is 16.6. The van der Waals surface area contributed by atoms with Crippen LogP contribution < -0.4 is 9.80 Å². The van der Waals surface area contributed by atoms with E-state index in [0.29, 0.717) is 26.4 Å². The van der Waals surface area contributed by atoms with Crippen molar-refractivity contribution in [2.75, 3.05) is 36.2 Å². The normalized spacial score (nSPS) is 20.5. The molecule has 1 amide bonds. The smallest absolute Gasteiger partial charge is 0.414 e. The summed E-state index contributed by atoms with van der Waals surface area (Å²) in [4.78, 5) is 16.1. The van der Waals surface area contributed by atoms with Crippen molar-refractivity contribution in [3.63, 3.8) is 0 Å². The lowest BCUT2D eigenvalue weighted by atomic mass is 10.0. The topological polar surface area (TPSA) is 80.1 Å². The van der Waals surface area contributed by atoms with Crippen molar-refractivity contribution in [3.05, 3.63) is 30.6 Å². The van der Waals surface area contributed by atoms with Crippen LogP contribution in [0.25, 0.3) is 11.1 Å². The number of nitrogens with zero attached hydrogens (tertiary/aromatic N) is 4. The van der Waals surface area contributed by atoms with E-state index in [0.717, 1.165) is 22.5 Å². The Morgan fingerprint density at radius 3 is 2.79 bits per heavy atom. The van der Waals surface area contributed by atoms with Gasteiger partial charge in [-0.3, -0.25) is 9.58 Å². The fraction of sp³-hybridized carbons (Fsp3) is 0.500. The highest BCUT2D eigenvalue weighted by molar-refractivity contribution is 5.95. The van der Waals surface area contributed by atoms with Crippen LogP contribution in [0.3, 0.4) is 0 Å². The number of hydrogen-bond acceptors (Lipinski definition) is 6. The van der Waals surface area contributed by atoms with Crippen LogP contribution in [0.2, 0.25) is 0 Å². The van der Waals surface area contributed by atoms with E-state index in [4.69, 9.17) is 9.47 Å². The number of amides is 1. The number of aliphatic hydroxyl groups excluding tert-OH is 1.